The second-order valence-electron chi connectivity index (χ2n) is 9.54. The highest BCUT2D eigenvalue weighted by Gasteiger charge is 2.57. The lowest BCUT2D eigenvalue weighted by Gasteiger charge is -2.54. The SMILES string of the molecule is C[C@]1(O)CC[C@H]2C(=CC[C@@H]3[C@@H]2CC[C@]2(C)[C@@H](C(=O)CBr)CC[C@@H]32)C1. The van der Waals surface area contributed by atoms with E-state index in [9.17, 15) is 9.90 Å². The van der Waals surface area contributed by atoms with Gasteiger partial charge >= 0.3 is 0 Å². The van der Waals surface area contributed by atoms with Crippen molar-refractivity contribution in [3.05, 3.63) is 11.6 Å². The third kappa shape index (κ3) is 2.57. The number of carbonyl (C=O) groups is 1. The number of alkyl halides is 1. The summed E-state index contributed by atoms with van der Waals surface area (Å²) in [6, 6.07) is 0. The number of halogens is 1. The molecule has 3 heteroatoms. The Morgan fingerprint density at radius 1 is 1.21 bits per heavy atom. The standard InChI is InChI=1S/C21H31BrO2/c1-20(24)9-7-14-13(11-20)3-4-16-15(14)8-10-21(2)17(16)5-6-18(21)19(23)12-22/h3,14-18,24H,4-12H2,1-2H3/t14-,15+,16+,17-,18+,20-,21-/m0/s1. The lowest BCUT2D eigenvalue weighted by molar-refractivity contribution is -0.126. The second-order valence-corrected chi connectivity index (χ2v) is 10.1. The first-order valence-electron chi connectivity index (χ1n) is 9.86. The Morgan fingerprint density at radius 3 is 2.75 bits per heavy atom. The highest BCUT2D eigenvalue weighted by atomic mass is 79.9. The first kappa shape index (κ1) is 17.3. The van der Waals surface area contributed by atoms with Gasteiger partial charge in [0.15, 0.2) is 0 Å². The second kappa shape index (κ2) is 5.94. The van der Waals surface area contributed by atoms with E-state index >= 15 is 0 Å². The zero-order valence-electron chi connectivity index (χ0n) is 15.1. The predicted molar refractivity (Wildman–Crippen MR) is 100 cm³/mol. The molecule has 0 heterocycles. The first-order valence-corrected chi connectivity index (χ1v) is 11.0. The maximum absolute atomic E-state index is 12.4. The van der Waals surface area contributed by atoms with Crippen LogP contribution >= 0.6 is 15.9 Å². The third-order valence-electron chi connectivity index (χ3n) is 8.24. The van der Waals surface area contributed by atoms with E-state index in [4.69, 9.17) is 0 Å². The molecule has 0 aromatic rings. The molecule has 0 spiro atoms. The number of hydrogen-bond donors (Lipinski definition) is 1. The van der Waals surface area contributed by atoms with Crippen LogP contribution in [0.4, 0.5) is 0 Å². The van der Waals surface area contributed by atoms with Crippen LogP contribution in [0.15, 0.2) is 11.6 Å². The minimum Gasteiger partial charge on any atom is -0.390 e. The van der Waals surface area contributed by atoms with Gasteiger partial charge in [-0.2, -0.15) is 0 Å². The number of carbonyl (C=O) groups excluding carboxylic acids is 1. The smallest absolute Gasteiger partial charge is 0.147 e. The molecule has 2 nitrogen and oxygen atoms in total. The molecular weight excluding hydrogens is 364 g/mol. The minimum atomic E-state index is -0.487. The van der Waals surface area contributed by atoms with Gasteiger partial charge in [0.2, 0.25) is 0 Å². The molecule has 3 fully saturated rings. The van der Waals surface area contributed by atoms with Crippen LogP contribution in [-0.2, 0) is 4.79 Å². The Balaban J connectivity index is 1.59. The van der Waals surface area contributed by atoms with Gasteiger partial charge in [-0.25, -0.2) is 0 Å². The average molecular weight is 395 g/mol. The fourth-order valence-corrected chi connectivity index (χ4v) is 7.48. The monoisotopic (exact) mass is 394 g/mol. The number of rotatable bonds is 2. The van der Waals surface area contributed by atoms with Crippen LogP contribution < -0.4 is 0 Å². The van der Waals surface area contributed by atoms with Crippen molar-refractivity contribution in [3.8, 4) is 0 Å². The average Bonchev–Trinajstić information content (AvgIpc) is 2.90. The highest BCUT2D eigenvalue weighted by molar-refractivity contribution is 9.09. The molecule has 0 bridgehead atoms. The third-order valence-corrected chi connectivity index (χ3v) is 8.79. The predicted octanol–water partition coefficient (Wildman–Crippen LogP) is 4.89. The molecule has 0 aromatic heterocycles. The molecule has 4 aliphatic rings. The summed E-state index contributed by atoms with van der Waals surface area (Å²) in [7, 11) is 0. The van der Waals surface area contributed by atoms with Crippen LogP contribution in [0.5, 0.6) is 0 Å². The maximum Gasteiger partial charge on any atom is 0.147 e. The van der Waals surface area contributed by atoms with Crippen LogP contribution in [-0.4, -0.2) is 21.8 Å². The number of fused-ring (bicyclic) bond motifs is 5. The van der Waals surface area contributed by atoms with Gasteiger partial charge in [-0.3, -0.25) is 4.79 Å². The maximum atomic E-state index is 12.4. The number of hydrogen-bond acceptors (Lipinski definition) is 2. The number of allylic oxidation sites excluding steroid dienone is 1. The summed E-state index contributed by atoms with van der Waals surface area (Å²) < 4.78 is 0. The van der Waals surface area contributed by atoms with Crippen molar-refractivity contribution in [2.75, 3.05) is 5.33 Å². The Kier molecular flexibility index (Phi) is 4.28. The Morgan fingerprint density at radius 2 is 2.00 bits per heavy atom. The number of ketones is 1. The van der Waals surface area contributed by atoms with Crippen molar-refractivity contribution in [2.45, 2.75) is 70.8 Å². The van der Waals surface area contributed by atoms with Crippen molar-refractivity contribution in [2.24, 2.45) is 35.0 Å². The summed E-state index contributed by atoms with van der Waals surface area (Å²) in [5.41, 5.74) is 1.29. The molecule has 4 aliphatic carbocycles. The first-order chi connectivity index (χ1) is 11.4. The molecule has 0 unspecified atom stereocenters. The van der Waals surface area contributed by atoms with Crippen LogP contribution in [0.3, 0.4) is 0 Å². The Hall–Kier alpha value is -0.150. The summed E-state index contributed by atoms with van der Waals surface area (Å²) in [5, 5.41) is 11.0. The molecule has 3 saturated carbocycles. The van der Waals surface area contributed by atoms with E-state index in [1.54, 1.807) is 5.57 Å². The summed E-state index contributed by atoms with van der Waals surface area (Å²) >= 11 is 3.41. The van der Waals surface area contributed by atoms with Crippen molar-refractivity contribution >= 4 is 21.7 Å². The lowest BCUT2D eigenvalue weighted by Crippen LogP contribution is -2.48. The molecule has 0 saturated heterocycles. The largest absolute Gasteiger partial charge is 0.390 e. The molecular formula is C21H31BrO2. The van der Waals surface area contributed by atoms with Gasteiger partial charge in [-0.15, -0.1) is 0 Å². The zero-order valence-corrected chi connectivity index (χ0v) is 16.6. The molecule has 0 radical (unpaired) electrons. The zero-order chi connectivity index (χ0) is 17.1. The minimum absolute atomic E-state index is 0.234. The Labute approximate surface area is 154 Å². The van der Waals surface area contributed by atoms with Crippen LogP contribution in [0, 0.1) is 35.0 Å². The molecule has 134 valence electrons. The van der Waals surface area contributed by atoms with Gasteiger partial charge in [0.25, 0.3) is 0 Å². The van der Waals surface area contributed by atoms with E-state index < -0.39 is 5.60 Å². The van der Waals surface area contributed by atoms with E-state index in [-0.39, 0.29) is 11.3 Å². The van der Waals surface area contributed by atoms with Crippen molar-refractivity contribution in [1.82, 2.24) is 0 Å². The van der Waals surface area contributed by atoms with E-state index in [2.05, 4.69) is 28.9 Å². The molecule has 7 atom stereocenters. The van der Waals surface area contributed by atoms with Gasteiger partial charge in [0.1, 0.15) is 5.78 Å². The Bertz CT molecular complexity index is 566. The van der Waals surface area contributed by atoms with Gasteiger partial charge in [0, 0.05) is 5.92 Å². The molecule has 4 rings (SSSR count). The normalized spacial score (nSPS) is 50.5. The van der Waals surface area contributed by atoms with Crippen molar-refractivity contribution in [3.63, 3.8) is 0 Å². The van der Waals surface area contributed by atoms with Gasteiger partial charge in [-0.1, -0.05) is 34.5 Å². The molecule has 0 aliphatic heterocycles. The molecule has 0 amide bonds. The van der Waals surface area contributed by atoms with Crippen LogP contribution in [0.1, 0.15) is 65.2 Å². The number of aliphatic hydroxyl groups is 1. The van der Waals surface area contributed by atoms with Crippen molar-refractivity contribution < 1.29 is 9.90 Å². The molecule has 0 aromatic carbocycles. The topological polar surface area (TPSA) is 37.3 Å². The van der Waals surface area contributed by atoms with Crippen LogP contribution in [0.2, 0.25) is 0 Å². The summed E-state index contributed by atoms with van der Waals surface area (Å²) in [6.07, 6.45) is 11.5. The number of Topliss-reactive ketones (excluding diaryl/α,β-unsaturated/α-hetero) is 1. The molecule has 1 N–H and O–H groups in total. The van der Waals surface area contributed by atoms with Gasteiger partial charge in [-0.05, 0) is 87.4 Å². The fourth-order valence-electron chi connectivity index (χ4n) is 7.09. The lowest BCUT2D eigenvalue weighted by atomic mass is 9.51. The molecule has 24 heavy (non-hydrogen) atoms. The van der Waals surface area contributed by atoms with E-state index in [1.165, 1.54) is 25.7 Å². The van der Waals surface area contributed by atoms with Gasteiger partial charge < -0.3 is 5.11 Å². The quantitative estimate of drug-likeness (QED) is 0.534. The van der Waals surface area contributed by atoms with E-state index in [0.29, 0.717) is 17.0 Å². The van der Waals surface area contributed by atoms with E-state index in [0.717, 1.165) is 43.4 Å². The van der Waals surface area contributed by atoms with Gasteiger partial charge in [0.05, 0.1) is 10.9 Å². The fraction of sp³-hybridized carbons (Fsp3) is 0.857. The summed E-state index contributed by atoms with van der Waals surface area (Å²) in [6.45, 7) is 4.42. The van der Waals surface area contributed by atoms with Crippen molar-refractivity contribution in [1.29, 1.82) is 0 Å². The summed E-state index contributed by atoms with van der Waals surface area (Å²) in [5.74, 6) is 3.72. The summed E-state index contributed by atoms with van der Waals surface area (Å²) in [4.78, 5) is 12.4. The van der Waals surface area contributed by atoms with Crippen LogP contribution in [0.25, 0.3) is 0 Å². The van der Waals surface area contributed by atoms with E-state index in [1.807, 2.05) is 6.92 Å². The highest BCUT2D eigenvalue weighted by Crippen LogP contribution is 2.63.